The summed E-state index contributed by atoms with van der Waals surface area (Å²) in [5, 5.41) is 10.8. The first-order chi connectivity index (χ1) is 13.4. The van der Waals surface area contributed by atoms with Crippen molar-refractivity contribution in [3.05, 3.63) is 33.9 Å². The Bertz CT molecular complexity index is 730. The zero-order valence-electron chi connectivity index (χ0n) is 15.7. The highest BCUT2D eigenvalue weighted by molar-refractivity contribution is 5.84. The van der Waals surface area contributed by atoms with Gasteiger partial charge in [-0.05, 0) is 31.4 Å². The van der Waals surface area contributed by atoms with Crippen LogP contribution in [0.1, 0.15) is 55.3 Å². The highest BCUT2D eigenvalue weighted by Gasteiger charge is 2.26. The number of nitro benzene ring substituents is 1. The van der Waals surface area contributed by atoms with E-state index < -0.39 is 10.8 Å². The number of aldehydes is 1. The van der Waals surface area contributed by atoms with Crippen molar-refractivity contribution in [1.82, 2.24) is 4.90 Å². The quantitative estimate of drug-likeness (QED) is 0.281. The van der Waals surface area contributed by atoms with Crippen LogP contribution in [0.3, 0.4) is 0 Å². The second-order valence-electron chi connectivity index (χ2n) is 6.83. The van der Waals surface area contributed by atoms with Crippen molar-refractivity contribution < 1.29 is 24.0 Å². The molecule has 0 unspecified atom stereocenters. The van der Waals surface area contributed by atoms with Gasteiger partial charge in [0.15, 0.2) is 6.29 Å². The Kier molecular flexibility index (Phi) is 7.91. The molecule has 2 rings (SSSR count). The zero-order chi connectivity index (χ0) is 20.5. The van der Waals surface area contributed by atoms with Crippen molar-refractivity contribution in [3.63, 3.8) is 0 Å². The molecule has 0 bridgehead atoms. The maximum atomic E-state index is 12.6. The molecule has 0 aliphatic heterocycles. The molecule has 0 heterocycles. The Balaban J connectivity index is 1.87. The average Bonchev–Trinajstić information content (AvgIpc) is 2.69. The molecule has 0 spiro atoms. The number of carbonyl (C=O) groups is 3. The zero-order valence-corrected chi connectivity index (χ0v) is 15.7. The molecule has 0 aromatic heterocycles. The molecule has 9 heteroatoms. The summed E-state index contributed by atoms with van der Waals surface area (Å²) in [6, 6.07) is 3.98. The standard InChI is InChI=1S/C19H25N3O6/c20-18(24)12-21(15-5-2-1-3-6-15)19(25)7-4-10-28-16-8-9-17(22(26)27)14(11-16)13-23/h8-9,11,13,15H,1-7,10,12H2,(H2,20,24). The highest BCUT2D eigenvalue weighted by Crippen LogP contribution is 2.24. The maximum absolute atomic E-state index is 12.6. The summed E-state index contributed by atoms with van der Waals surface area (Å²) in [5.74, 6) is -0.338. The monoisotopic (exact) mass is 391 g/mol. The summed E-state index contributed by atoms with van der Waals surface area (Å²) in [6.45, 7) is 0.131. The van der Waals surface area contributed by atoms with Crippen LogP contribution >= 0.6 is 0 Å². The summed E-state index contributed by atoms with van der Waals surface area (Å²) in [6.07, 6.45) is 6.00. The third-order valence-electron chi connectivity index (χ3n) is 4.79. The Morgan fingerprint density at radius 1 is 1.29 bits per heavy atom. The van der Waals surface area contributed by atoms with Crippen LogP contribution in [0.5, 0.6) is 5.75 Å². The van der Waals surface area contributed by atoms with E-state index in [1.807, 2.05) is 0 Å². The lowest BCUT2D eigenvalue weighted by atomic mass is 9.94. The minimum atomic E-state index is -0.634. The van der Waals surface area contributed by atoms with Gasteiger partial charge < -0.3 is 15.4 Å². The number of benzene rings is 1. The van der Waals surface area contributed by atoms with Gasteiger partial charge in [-0.25, -0.2) is 0 Å². The fraction of sp³-hybridized carbons (Fsp3) is 0.526. The number of hydrogen-bond donors (Lipinski definition) is 1. The van der Waals surface area contributed by atoms with Gasteiger partial charge in [-0.15, -0.1) is 0 Å². The van der Waals surface area contributed by atoms with Crippen LogP contribution in [0.25, 0.3) is 0 Å². The Morgan fingerprint density at radius 2 is 2.00 bits per heavy atom. The van der Waals surface area contributed by atoms with E-state index in [2.05, 4.69) is 0 Å². The molecule has 1 saturated carbocycles. The smallest absolute Gasteiger partial charge is 0.280 e. The number of carbonyl (C=O) groups excluding carboxylic acids is 3. The lowest BCUT2D eigenvalue weighted by Gasteiger charge is -2.33. The number of nitrogens with zero attached hydrogens (tertiary/aromatic N) is 2. The van der Waals surface area contributed by atoms with Gasteiger partial charge in [0.25, 0.3) is 5.69 Å². The Labute approximate surface area is 163 Å². The van der Waals surface area contributed by atoms with E-state index in [0.29, 0.717) is 18.5 Å². The van der Waals surface area contributed by atoms with E-state index in [9.17, 15) is 24.5 Å². The number of rotatable bonds is 10. The summed E-state index contributed by atoms with van der Waals surface area (Å²) < 4.78 is 5.50. The molecular weight excluding hydrogens is 366 g/mol. The number of primary amides is 1. The van der Waals surface area contributed by atoms with Gasteiger partial charge in [0, 0.05) is 18.5 Å². The number of nitrogens with two attached hydrogens (primary N) is 1. The molecule has 0 saturated heterocycles. The summed E-state index contributed by atoms with van der Waals surface area (Å²) in [4.78, 5) is 46.6. The predicted octanol–water partition coefficient (Wildman–Crippen LogP) is 2.21. The van der Waals surface area contributed by atoms with Gasteiger partial charge >= 0.3 is 0 Å². The normalized spacial score (nSPS) is 14.3. The van der Waals surface area contributed by atoms with Crippen LogP contribution < -0.4 is 10.5 Å². The van der Waals surface area contributed by atoms with Crippen molar-refractivity contribution in [2.24, 2.45) is 5.73 Å². The van der Waals surface area contributed by atoms with Crippen LogP contribution in [0, 0.1) is 10.1 Å². The molecule has 0 atom stereocenters. The fourth-order valence-corrected chi connectivity index (χ4v) is 3.42. The molecule has 2 N–H and O–H groups in total. The number of amides is 2. The molecule has 28 heavy (non-hydrogen) atoms. The first-order valence-electron chi connectivity index (χ1n) is 9.36. The molecule has 152 valence electrons. The van der Waals surface area contributed by atoms with E-state index in [-0.39, 0.29) is 42.8 Å². The van der Waals surface area contributed by atoms with Crippen LogP contribution in [0.2, 0.25) is 0 Å². The number of hydrogen-bond acceptors (Lipinski definition) is 6. The lowest BCUT2D eigenvalue weighted by molar-refractivity contribution is -0.385. The summed E-state index contributed by atoms with van der Waals surface area (Å²) in [7, 11) is 0. The molecule has 1 aromatic carbocycles. The largest absolute Gasteiger partial charge is 0.494 e. The van der Waals surface area contributed by atoms with Crippen molar-refractivity contribution in [2.45, 2.75) is 51.0 Å². The molecule has 1 aliphatic carbocycles. The summed E-state index contributed by atoms with van der Waals surface area (Å²) >= 11 is 0. The van der Waals surface area contributed by atoms with Gasteiger partial charge in [-0.1, -0.05) is 19.3 Å². The van der Waals surface area contributed by atoms with Crippen molar-refractivity contribution >= 4 is 23.8 Å². The second kappa shape index (κ2) is 10.4. The van der Waals surface area contributed by atoms with Crippen LogP contribution in [-0.4, -0.2) is 47.1 Å². The minimum absolute atomic E-state index is 0.0551. The lowest BCUT2D eigenvalue weighted by Crippen LogP contribution is -2.46. The van der Waals surface area contributed by atoms with Crippen LogP contribution in [0.4, 0.5) is 5.69 Å². The van der Waals surface area contributed by atoms with Crippen LogP contribution in [0.15, 0.2) is 18.2 Å². The van der Waals surface area contributed by atoms with Crippen molar-refractivity contribution in [1.29, 1.82) is 0 Å². The molecule has 0 radical (unpaired) electrons. The Hall–Kier alpha value is -2.97. The molecule has 9 nitrogen and oxygen atoms in total. The van der Waals surface area contributed by atoms with E-state index in [1.54, 1.807) is 4.90 Å². The van der Waals surface area contributed by atoms with E-state index in [4.69, 9.17) is 10.5 Å². The molecule has 1 aliphatic rings. The third kappa shape index (κ3) is 6.04. The fourth-order valence-electron chi connectivity index (χ4n) is 3.42. The molecule has 1 aromatic rings. The number of nitro groups is 1. The first-order valence-corrected chi connectivity index (χ1v) is 9.36. The van der Waals surface area contributed by atoms with Crippen molar-refractivity contribution in [3.8, 4) is 5.75 Å². The van der Waals surface area contributed by atoms with Gasteiger partial charge in [0.2, 0.25) is 11.8 Å². The van der Waals surface area contributed by atoms with Gasteiger partial charge in [0.1, 0.15) is 5.75 Å². The number of ether oxygens (including phenoxy) is 1. The van der Waals surface area contributed by atoms with Crippen molar-refractivity contribution in [2.75, 3.05) is 13.2 Å². The maximum Gasteiger partial charge on any atom is 0.280 e. The van der Waals surface area contributed by atoms with E-state index in [1.165, 1.54) is 18.2 Å². The third-order valence-corrected chi connectivity index (χ3v) is 4.79. The second-order valence-corrected chi connectivity index (χ2v) is 6.83. The highest BCUT2D eigenvalue weighted by atomic mass is 16.6. The topological polar surface area (TPSA) is 133 Å². The summed E-state index contributed by atoms with van der Waals surface area (Å²) in [5.41, 5.74) is 4.94. The van der Waals surface area contributed by atoms with Gasteiger partial charge in [0.05, 0.1) is 23.6 Å². The Morgan fingerprint density at radius 3 is 2.61 bits per heavy atom. The molecule has 1 fully saturated rings. The predicted molar refractivity (Wildman–Crippen MR) is 101 cm³/mol. The minimum Gasteiger partial charge on any atom is -0.494 e. The molecule has 2 amide bonds. The van der Waals surface area contributed by atoms with E-state index >= 15 is 0 Å². The SMILES string of the molecule is NC(=O)CN(C(=O)CCCOc1ccc([N+](=O)[O-])c(C=O)c1)C1CCCCC1. The molecular formula is C19H25N3O6. The first kappa shape index (κ1) is 21.3. The van der Waals surface area contributed by atoms with E-state index in [0.717, 1.165) is 32.1 Å². The van der Waals surface area contributed by atoms with Gasteiger partial charge in [-0.3, -0.25) is 24.5 Å². The van der Waals surface area contributed by atoms with Gasteiger partial charge in [-0.2, -0.15) is 0 Å². The average molecular weight is 391 g/mol. The van der Waals surface area contributed by atoms with Crippen LogP contribution in [-0.2, 0) is 9.59 Å².